The largest absolute Gasteiger partial charge is 0.365 e. The summed E-state index contributed by atoms with van der Waals surface area (Å²) < 4.78 is 0. The Balaban J connectivity index is 2.30. The fourth-order valence-corrected chi connectivity index (χ4v) is 2.13. The smallest absolute Gasteiger partial charge is 0.0340 e. The molecule has 0 amide bonds. The van der Waals surface area contributed by atoms with Crippen LogP contribution >= 0.6 is 0 Å². The van der Waals surface area contributed by atoms with Crippen molar-refractivity contribution in [1.82, 2.24) is 10.3 Å². The lowest BCUT2D eigenvalue weighted by molar-refractivity contribution is 0.641. The van der Waals surface area contributed by atoms with Crippen molar-refractivity contribution in [3.05, 3.63) is 23.0 Å². The molecule has 1 atom stereocenters. The van der Waals surface area contributed by atoms with Gasteiger partial charge in [-0.25, -0.2) is 0 Å². The van der Waals surface area contributed by atoms with Gasteiger partial charge in [-0.05, 0) is 44.4 Å². The Kier molecular flexibility index (Phi) is 1.93. The van der Waals surface area contributed by atoms with Crippen LogP contribution in [0.15, 0.2) is 6.20 Å². The molecule has 0 spiro atoms. The molecule has 0 saturated carbocycles. The summed E-state index contributed by atoms with van der Waals surface area (Å²) in [6, 6.07) is 0.608. The monoisotopic (exact) mass is 164 g/mol. The van der Waals surface area contributed by atoms with E-state index in [4.69, 9.17) is 0 Å². The standard InChI is InChI=1S/C10H16N2/c1-7-6-12-8(2)10(7)9-4-3-5-11-9/h6,9,11-12H,3-5H2,1-2H3. The molecule has 1 fully saturated rings. The van der Waals surface area contributed by atoms with E-state index in [0.29, 0.717) is 6.04 Å². The first kappa shape index (κ1) is 7.87. The van der Waals surface area contributed by atoms with Gasteiger partial charge in [0.05, 0.1) is 0 Å². The summed E-state index contributed by atoms with van der Waals surface area (Å²) in [5, 5.41) is 3.52. The lowest BCUT2D eigenvalue weighted by Gasteiger charge is -2.11. The van der Waals surface area contributed by atoms with Gasteiger partial charge in [-0.3, -0.25) is 0 Å². The quantitative estimate of drug-likeness (QED) is 0.653. The maximum Gasteiger partial charge on any atom is 0.0340 e. The van der Waals surface area contributed by atoms with Gasteiger partial charge in [0.25, 0.3) is 0 Å². The van der Waals surface area contributed by atoms with Gasteiger partial charge in [0, 0.05) is 17.9 Å². The molecule has 0 aliphatic carbocycles. The number of H-pyrrole nitrogens is 1. The Hall–Kier alpha value is -0.760. The average Bonchev–Trinajstić information content (AvgIpc) is 2.61. The molecule has 12 heavy (non-hydrogen) atoms. The van der Waals surface area contributed by atoms with Crippen LogP contribution in [-0.4, -0.2) is 11.5 Å². The number of rotatable bonds is 1. The molecular weight excluding hydrogens is 148 g/mol. The highest BCUT2D eigenvalue weighted by Crippen LogP contribution is 2.27. The van der Waals surface area contributed by atoms with E-state index in [1.807, 2.05) is 0 Å². The zero-order chi connectivity index (χ0) is 8.55. The molecule has 1 saturated heterocycles. The summed E-state index contributed by atoms with van der Waals surface area (Å²) in [6.45, 7) is 5.51. The molecule has 0 aromatic carbocycles. The van der Waals surface area contributed by atoms with E-state index in [-0.39, 0.29) is 0 Å². The van der Waals surface area contributed by atoms with Crippen molar-refractivity contribution in [2.24, 2.45) is 0 Å². The van der Waals surface area contributed by atoms with Crippen LogP contribution in [0.25, 0.3) is 0 Å². The van der Waals surface area contributed by atoms with Gasteiger partial charge in [-0.2, -0.15) is 0 Å². The van der Waals surface area contributed by atoms with Gasteiger partial charge < -0.3 is 10.3 Å². The normalized spacial score (nSPS) is 23.3. The van der Waals surface area contributed by atoms with Gasteiger partial charge in [-0.15, -0.1) is 0 Å². The van der Waals surface area contributed by atoms with Crippen LogP contribution in [0.2, 0.25) is 0 Å². The van der Waals surface area contributed by atoms with Gasteiger partial charge in [-0.1, -0.05) is 0 Å². The molecule has 2 N–H and O–H groups in total. The predicted molar refractivity (Wildman–Crippen MR) is 50.2 cm³/mol. The fraction of sp³-hybridized carbons (Fsp3) is 0.600. The van der Waals surface area contributed by atoms with Gasteiger partial charge in [0.1, 0.15) is 0 Å². The number of nitrogens with one attached hydrogen (secondary N) is 2. The second-order valence-electron chi connectivity index (χ2n) is 3.66. The third-order valence-corrected chi connectivity index (χ3v) is 2.74. The zero-order valence-electron chi connectivity index (χ0n) is 7.78. The lowest BCUT2D eigenvalue weighted by atomic mass is 10.0. The first-order chi connectivity index (χ1) is 5.79. The summed E-state index contributed by atoms with van der Waals surface area (Å²) in [4.78, 5) is 3.27. The number of aryl methyl sites for hydroxylation is 2. The van der Waals surface area contributed by atoms with Crippen LogP contribution in [-0.2, 0) is 0 Å². The first-order valence-corrected chi connectivity index (χ1v) is 4.67. The van der Waals surface area contributed by atoms with Crippen molar-refractivity contribution in [3.8, 4) is 0 Å². The molecule has 1 unspecified atom stereocenters. The van der Waals surface area contributed by atoms with Crippen LogP contribution in [0.5, 0.6) is 0 Å². The van der Waals surface area contributed by atoms with Gasteiger partial charge in [0.15, 0.2) is 0 Å². The van der Waals surface area contributed by atoms with Crippen molar-refractivity contribution in [3.63, 3.8) is 0 Å². The van der Waals surface area contributed by atoms with Crippen LogP contribution in [0.3, 0.4) is 0 Å². The van der Waals surface area contributed by atoms with E-state index in [1.54, 1.807) is 0 Å². The third kappa shape index (κ3) is 1.16. The highest BCUT2D eigenvalue weighted by molar-refractivity contribution is 5.32. The molecule has 2 rings (SSSR count). The summed E-state index contributed by atoms with van der Waals surface area (Å²) in [5.41, 5.74) is 4.21. The lowest BCUT2D eigenvalue weighted by Crippen LogP contribution is -2.13. The van der Waals surface area contributed by atoms with Crippen molar-refractivity contribution in [2.75, 3.05) is 6.54 Å². The van der Waals surface area contributed by atoms with Crippen molar-refractivity contribution >= 4 is 0 Å². The molecule has 1 aliphatic rings. The molecule has 1 aromatic heterocycles. The number of aromatic nitrogens is 1. The van der Waals surface area contributed by atoms with Crippen LogP contribution in [0.1, 0.15) is 35.7 Å². The molecular formula is C10H16N2. The maximum atomic E-state index is 3.52. The second-order valence-corrected chi connectivity index (χ2v) is 3.66. The molecule has 0 bridgehead atoms. The number of hydrogen-bond acceptors (Lipinski definition) is 1. The molecule has 2 heterocycles. The van der Waals surface area contributed by atoms with E-state index in [1.165, 1.54) is 36.2 Å². The second kappa shape index (κ2) is 2.94. The molecule has 1 aliphatic heterocycles. The van der Waals surface area contributed by atoms with E-state index < -0.39 is 0 Å². The molecule has 2 heteroatoms. The highest BCUT2D eigenvalue weighted by atomic mass is 14.9. The molecule has 66 valence electrons. The average molecular weight is 164 g/mol. The molecule has 0 radical (unpaired) electrons. The summed E-state index contributed by atoms with van der Waals surface area (Å²) >= 11 is 0. The predicted octanol–water partition coefficient (Wildman–Crippen LogP) is 2.06. The van der Waals surface area contributed by atoms with Crippen molar-refractivity contribution in [2.45, 2.75) is 32.7 Å². The van der Waals surface area contributed by atoms with E-state index in [0.717, 1.165) is 0 Å². The molecule has 1 aromatic rings. The van der Waals surface area contributed by atoms with Crippen molar-refractivity contribution in [1.29, 1.82) is 0 Å². The van der Waals surface area contributed by atoms with Gasteiger partial charge >= 0.3 is 0 Å². The van der Waals surface area contributed by atoms with Crippen LogP contribution in [0.4, 0.5) is 0 Å². The third-order valence-electron chi connectivity index (χ3n) is 2.74. The Morgan fingerprint density at radius 2 is 2.25 bits per heavy atom. The fourth-order valence-electron chi connectivity index (χ4n) is 2.13. The zero-order valence-corrected chi connectivity index (χ0v) is 7.78. The van der Waals surface area contributed by atoms with Crippen LogP contribution in [0, 0.1) is 13.8 Å². The summed E-state index contributed by atoms with van der Waals surface area (Å²) in [6.07, 6.45) is 4.71. The SMILES string of the molecule is Cc1c[nH]c(C)c1C1CCCN1. The van der Waals surface area contributed by atoms with Crippen molar-refractivity contribution < 1.29 is 0 Å². The topological polar surface area (TPSA) is 27.8 Å². The van der Waals surface area contributed by atoms with E-state index in [9.17, 15) is 0 Å². The minimum atomic E-state index is 0.608. The Morgan fingerprint density at radius 3 is 2.75 bits per heavy atom. The minimum Gasteiger partial charge on any atom is -0.365 e. The number of aromatic amines is 1. The maximum absolute atomic E-state index is 3.52. The highest BCUT2D eigenvalue weighted by Gasteiger charge is 2.20. The van der Waals surface area contributed by atoms with E-state index in [2.05, 4.69) is 30.3 Å². The Morgan fingerprint density at radius 1 is 1.42 bits per heavy atom. The summed E-state index contributed by atoms with van der Waals surface area (Å²) in [5.74, 6) is 0. The molecule has 2 nitrogen and oxygen atoms in total. The Labute approximate surface area is 73.4 Å². The minimum absolute atomic E-state index is 0.608. The Bertz CT molecular complexity index is 250. The summed E-state index contributed by atoms with van der Waals surface area (Å²) in [7, 11) is 0. The van der Waals surface area contributed by atoms with Crippen LogP contribution < -0.4 is 5.32 Å². The first-order valence-electron chi connectivity index (χ1n) is 4.67. The van der Waals surface area contributed by atoms with Gasteiger partial charge in [0.2, 0.25) is 0 Å². The van der Waals surface area contributed by atoms with E-state index >= 15 is 0 Å². The number of hydrogen-bond donors (Lipinski definition) is 2.